The van der Waals surface area contributed by atoms with Gasteiger partial charge in [-0.2, -0.15) is 0 Å². The normalized spacial score (nSPS) is 11.3. The van der Waals surface area contributed by atoms with Gasteiger partial charge in [0.1, 0.15) is 5.75 Å². The topological polar surface area (TPSA) is 35.0 Å². The minimum Gasteiger partial charge on any atom is -0.493 e. The zero-order valence-electron chi connectivity index (χ0n) is 14.6. The van der Waals surface area contributed by atoms with Crippen molar-refractivity contribution in [2.75, 3.05) is 12.4 Å². The Hall–Kier alpha value is -2.33. The SMILES string of the molecule is CC(C)(c1ccccc1)c1ccc(OCCSc2ncccn2)cc1. The highest BCUT2D eigenvalue weighted by Crippen LogP contribution is 2.32. The van der Waals surface area contributed by atoms with Gasteiger partial charge >= 0.3 is 0 Å². The van der Waals surface area contributed by atoms with Crippen LogP contribution in [0.25, 0.3) is 0 Å². The Morgan fingerprint density at radius 1 is 0.840 bits per heavy atom. The maximum Gasteiger partial charge on any atom is 0.187 e. The number of rotatable bonds is 7. The maximum atomic E-state index is 5.82. The number of hydrogen-bond acceptors (Lipinski definition) is 4. The van der Waals surface area contributed by atoms with Crippen LogP contribution in [0.5, 0.6) is 5.75 Å². The quantitative estimate of drug-likeness (QED) is 0.342. The van der Waals surface area contributed by atoms with Gasteiger partial charge in [-0.25, -0.2) is 9.97 Å². The Morgan fingerprint density at radius 2 is 1.48 bits per heavy atom. The third-order valence-electron chi connectivity index (χ3n) is 4.20. The Kier molecular flexibility index (Phi) is 5.71. The van der Waals surface area contributed by atoms with Crippen LogP contribution >= 0.6 is 11.8 Å². The highest BCUT2D eigenvalue weighted by atomic mass is 32.2. The molecule has 0 spiro atoms. The van der Waals surface area contributed by atoms with E-state index in [0.29, 0.717) is 6.61 Å². The van der Waals surface area contributed by atoms with Crippen molar-refractivity contribution in [3.63, 3.8) is 0 Å². The van der Waals surface area contributed by atoms with Crippen LogP contribution in [0, 0.1) is 0 Å². The molecule has 0 N–H and O–H groups in total. The third-order valence-corrected chi connectivity index (χ3v) is 5.04. The molecule has 4 heteroatoms. The molecule has 0 aliphatic heterocycles. The van der Waals surface area contributed by atoms with Crippen LogP contribution in [-0.4, -0.2) is 22.3 Å². The van der Waals surface area contributed by atoms with Gasteiger partial charge < -0.3 is 4.74 Å². The van der Waals surface area contributed by atoms with Crippen LogP contribution in [-0.2, 0) is 5.41 Å². The summed E-state index contributed by atoms with van der Waals surface area (Å²) in [7, 11) is 0. The second kappa shape index (κ2) is 8.17. The standard InChI is InChI=1S/C21H22N2OS/c1-21(2,17-7-4-3-5-8-17)18-9-11-19(12-10-18)24-15-16-25-20-22-13-6-14-23-20/h3-14H,15-16H2,1-2H3. The molecule has 0 bridgehead atoms. The van der Waals surface area contributed by atoms with Crippen LogP contribution in [0.1, 0.15) is 25.0 Å². The average Bonchev–Trinajstić information content (AvgIpc) is 2.67. The first-order chi connectivity index (χ1) is 12.2. The molecule has 0 saturated heterocycles. The largest absolute Gasteiger partial charge is 0.493 e. The number of thioether (sulfide) groups is 1. The van der Waals surface area contributed by atoms with E-state index in [0.717, 1.165) is 16.7 Å². The number of aromatic nitrogens is 2. The molecule has 0 aliphatic rings. The summed E-state index contributed by atoms with van der Waals surface area (Å²) in [5, 5.41) is 0.783. The van der Waals surface area contributed by atoms with Gasteiger partial charge in [0.2, 0.25) is 0 Å². The van der Waals surface area contributed by atoms with E-state index in [4.69, 9.17) is 4.74 Å². The van der Waals surface area contributed by atoms with Crippen molar-refractivity contribution in [2.24, 2.45) is 0 Å². The Labute approximate surface area is 153 Å². The van der Waals surface area contributed by atoms with E-state index in [-0.39, 0.29) is 5.41 Å². The fourth-order valence-corrected chi connectivity index (χ4v) is 3.26. The monoisotopic (exact) mass is 350 g/mol. The summed E-state index contributed by atoms with van der Waals surface area (Å²) in [6.45, 7) is 5.12. The number of nitrogens with zero attached hydrogens (tertiary/aromatic N) is 2. The van der Waals surface area contributed by atoms with Crippen molar-refractivity contribution in [1.29, 1.82) is 0 Å². The molecule has 0 fully saturated rings. The molecule has 1 heterocycles. The minimum absolute atomic E-state index is 0.0275. The van der Waals surface area contributed by atoms with E-state index >= 15 is 0 Å². The maximum absolute atomic E-state index is 5.82. The summed E-state index contributed by atoms with van der Waals surface area (Å²) >= 11 is 1.60. The third kappa shape index (κ3) is 4.60. The van der Waals surface area contributed by atoms with E-state index in [2.05, 4.69) is 66.3 Å². The van der Waals surface area contributed by atoms with E-state index in [1.807, 2.05) is 18.2 Å². The molecule has 0 radical (unpaired) electrons. The molecule has 0 atom stereocenters. The summed E-state index contributed by atoms with van der Waals surface area (Å²) in [4.78, 5) is 8.37. The number of ether oxygens (including phenoxy) is 1. The van der Waals surface area contributed by atoms with Gasteiger partial charge in [0.25, 0.3) is 0 Å². The van der Waals surface area contributed by atoms with Gasteiger partial charge in [0, 0.05) is 23.6 Å². The summed E-state index contributed by atoms with van der Waals surface area (Å²) in [5.74, 6) is 1.71. The van der Waals surface area contributed by atoms with Gasteiger partial charge in [0.15, 0.2) is 5.16 Å². The summed E-state index contributed by atoms with van der Waals surface area (Å²) in [5.41, 5.74) is 2.56. The molecule has 1 aromatic heterocycles. The van der Waals surface area contributed by atoms with E-state index in [9.17, 15) is 0 Å². The fourth-order valence-electron chi connectivity index (χ4n) is 2.64. The zero-order valence-corrected chi connectivity index (χ0v) is 15.4. The molecular formula is C21H22N2OS. The van der Waals surface area contributed by atoms with Crippen molar-refractivity contribution >= 4 is 11.8 Å². The predicted octanol–water partition coefficient (Wildman–Crippen LogP) is 4.97. The highest BCUT2D eigenvalue weighted by molar-refractivity contribution is 7.99. The molecule has 25 heavy (non-hydrogen) atoms. The van der Waals surface area contributed by atoms with Crippen molar-refractivity contribution in [2.45, 2.75) is 24.4 Å². The van der Waals surface area contributed by atoms with Crippen LogP contribution in [0.2, 0.25) is 0 Å². The van der Waals surface area contributed by atoms with E-state index in [1.54, 1.807) is 24.2 Å². The smallest absolute Gasteiger partial charge is 0.187 e. The lowest BCUT2D eigenvalue weighted by molar-refractivity contribution is 0.343. The zero-order chi connectivity index (χ0) is 17.5. The van der Waals surface area contributed by atoms with Gasteiger partial charge in [-0.15, -0.1) is 0 Å². The first-order valence-corrected chi connectivity index (χ1v) is 9.33. The first-order valence-electron chi connectivity index (χ1n) is 8.35. The molecule has 128 valence electrons. The van der Waals surface area contributed by atoms with Crippen molar-refractivity contribution < 1.29 is 4.74 Å². The minimum atomic E-state index is -0.0275. The van der Waals surface area contributed by atoms with Crippen LogP contribution in [0.15, 0.2) is 78.2 Å². The van der Waals surface area contributed by atoms with Crippen LogP contribution in [0.4, 0.5) is 0 Å². The second-order valence-corrected chi connectivity index (χ2v) is 7.31. The van der Waals surface area contributed by atoms with E-state index in [1.165, 1.54) is 11.1 Å². The highest BCUT2D eigenvalue weighted by Gasteiger charge is 2.22. The summed E-state index contributed by atoms with van der Waals surface area (Å²) in [6, 6.07) is 20.8. The molecule has 3 rings (SSSR count). The van der Waals surface area contributed by atoms with Crippen molar-refractivity contribution in [1.82, 2.24) is 9.97 Å². The molecule has 0 amide bonds. The predicted molar refractivity (Wildman–Crippen MR) is 103 cm³/mol. The Bertz CT molecular complexity index is 774. The molecule has 0 saturated carbocycles. The van der Waals surface area contributed by atoms with Crippen LogP contribution < -0.4 is 4.74 Å². The van der Waals surface area contributed by atoms with Crippen molar-refractivity contribution in [3.8, 4) is 5.75 Å². The molecule has 2 aromatic carbocycles. The van der Waals surface area contributed by atoms with E-state index < -0.39 is 0 Å². The number of benzene rings is 2. The Balaban J connectivity index is 1.55. The lowest BCUT2D eigenvalue weighted by atomic mass is 9.78. The lowest BCUT2D eigenvalue weighted by Gasteiger charge is -2.26. The van der Waals surface area contributed by atoms with Gasteiger partial charge in [-0.05, 0) is 29.3 Å². The van der Waals surface area contributed by atoms with Gasteiger partial charge in [-0.3, -0.25) is 0 Å². The Morgan fingerprint density at radius 3 is 2.16 bits per heavy atom. The number of hydrogen-bond donors (Lipinski definition) is 0. The van der Waals surface area contributed by atoms with Crippen molar-refractivity contribution in [3.05, 3.63) is 84.2 Å². The average molecular weight is 350 g/mol. The fraction of sp³-hybridized carbons (Fsp3) is 0.238. The first kappa shape index (κ1) is 17.5. The summed E-state index contributed by atoms with van der Waals surface area (Å²) < 4.78 is 5.82. The van der Waals surface area contributed by atoms with Gasteiger partial charge in [-0.1, -0.05) is 68.1 Å². The molecule has 3 nitrogen and oxygen atoms in total. The molecule has 0 unspecified atom stereocenters. The van der Waals surface area contributed by atoms with Gasteiger partial charge in [0.05, 0.1) is 6.61 Å². The molecular weight excluding hydrogens is 328 g/mol. The second-order valence-electron chi connectivity index (χ2n) is 6.24. The lowest BCUT2D eigenvalue weighted by Crippen LogP contribution is -2.18. The summed E-state index contributed by atoms with van der Waals surface area (Å²) in [6.07, 6.45) is 3.51. The molecule has 0 aliphatic carbocycles. The van der Waals surface area contributed by atoms with Crippen LogP contribution in [0.3, 0.4) is 0 Å². The molecule has 3 aromatic rings.